The summed E-state index contributed by atoms with van der Waals surface area (Å²) >= 11 is 0. The molecular weight excluding hydrogens is 206 g/mol. The van der Waals surface area contributed by atoms with E-state index in [0.717, 1.165) is 5.69 Å². The van der Waals surface area contributed by atoms with Crippen LogP contribution in [0.25, 0.3) is 0 Å². The Hall–Kier alpha value is -1.36. The van der Waals surface area contributed by atoms with E-state index in [4.69, 9.17) is 0 Å². The van der Waals surface area contributed by atoms with Crippen molar-refractivity contribution < 1.29 is 9.90 Å². The number of amides is 1. The van der Waals surface area contributed by atoms with E-state index in [-0.39, 0.29) is 12.0 Å². The molecule has 0 spiro atoms. The topological polar surface area (TPSA) is 58.4 Å². The molecule has 1 aliphatic rings. The van der Waals surface area contributed by atoms with Crippen molar-refractivity contribution in [1.29, 1.82) is 0 Å². The van der Waals surface area contributed by atoms with Gasteiger partial charge in [0, 0.05) is 25.8 Å². The molecule has 0 aromatic carbocycles. The maximum Gasteiger partial charge on any atom is 0.274 e. The fraction of sp³-hybridized carbons (Fsp3) is 0.636. The largest absolute Gasteiger partial charge is 0.393 e. The molecule has 5 nitrogen and oxygen atoms in total. The van der Waals surface area contributed by atoms with Crippen LogP contribution in [0.2, 0.25) is 0 Å². The lowest BCUT2D eigenvalue weighted by molar-refractivity contribution is 0.0541. The molecule has 0 unspecified atom stereocenters. The number of aryl methyl sites for hydroxylation is 2. The Morgan fingerprint density at radius 3 is 2.62 bits per heavy atom. The lowest BCUT2D eigenvalue weighted by atomic mass is 10.1. The number of likely N-dealkylation sites (tertiary alicyclic amines) is 1. The number of carbonyl (C=O) groups excluding carboxylic acids is 1. The molecular formula is C11H17N3O2. The number of piperidine rings is 1. The predicted molar refractivity (Wildman–Crippen MR) is 59.1 cm³/mol. The van der Waals surface area contributed by atoms with Crippen LogP contribution in [0.15, 0.2) is 6.07 Å². The average Bonchev–Trinajstić information content (AvgIpc) is 2.59. The molecule has 1 aromatic rings. The second kappa shape index (κ2) is 4.25. The second-order valence-electron chi connectivity index (χ2n) is 4.32. The van der Waals surface area contributed by atoms with Crippen molar-refractivity contribution in [2.45, 2.75) is 25.9 Å². The number of carbonyl (C=O) groups is 1. The van der Waals surface area contributed by atoms with Gasteiger partial charge in [-0.15, -0.1) is 0 Å². The van der Waals surface area contributed by atoms with Gasteiger partial charge in [0.1, 0.15) is 0 Å². The van der Waals surface area contributed by atoms with E-state index < -0.39 is 0 Å². The molecule has 1 N–H and O–H groups in total. The monoisotopic (exact) mass is 223 g/mol. The van der Waals surface area contributed by atoms with Crippen molar-refractivity contribution in [3.05, 3.63) is 17.5 Å². The van der Waals surface area contributed by atoms with Crippen LogP contribution in [0.1, 0.15) is 29.0 Å². The van der Waals surface area contributed by atoms with Crippen LogP contribution in [0.3, 0.4) is 0 Å². The third kappa shape index (κ3) is 2.09. The van der Waals surface area contributed by atoms with Gasteiger partial charge >= 0.3 is 0 Å². The quantitative estimate of drug-likeness (QED) is 0.746. The molecule has 1 aliphatic heterocycles. The minimum atomic E-state index is -0.255. The first-order chi connectivity index (χ1) is 7.58. The summed E-state index contributed by atoms with van der Waals surface area (Å²) in [4.78, 5) is 13.8. The molecule has 0 saturated carbocycles. The fourth-order valence-corrected chi connectivity index (χ4v) is 1.90. The molecule has 2 rings (SSSR count). The lowest BCUT2D eigenvalue weighted by Crippen LogP contribution is -2.40. The molecule has 88 valence electrons. The molecule has 1 amide bonds. The zero-order chi connectivity index (χ0) is 11.7. The Morgan fingerprint density at radius 2 is 2.12 bits per heavy atom. The minimum Gasteiger partial charge on any atom is -0.393 e. The van der Waals surface area contributed by atoms with Crippen molar-refractivity contribution in [1.82, 2.24) is 14.7 Å². The van der Waals surface area contributed by atoms with Crippen LogP contribution in [0.5, 0.6) is 0 Å². The maximum absolute atomic E-state index is 12.0. The molecule has 5 heteroatoms. The van der Waals surface area contributed by atoms with E-state index in [9.17, 15) is 9.90 Å². The van der Waals surface area contributed by atoms with Gasteiger partial charge in [-0.1, -0.05) is 0 Å². The molecule has 0 aliphatic carbocycles. The fourth-order valence-electron chi connectivity index (χ4n) is 1.90. The zero-order valence-electron chi connectivity index (χ0n) is 9.68. The minimum absolute atomic E-state index is 0.0319. The van der Waals surface area contributed by atoms with Gasteiger partial charge in [-0.2, -0.15) is 5.10 Å². The highest BCUT2D eigenvalue weighted by Gasteiger charge is 2.23. The van der Waals surface area contributed by atoms with E-state index in [1.165, 1.54) is 0 Å². The normalized spacial score (nSPS) is 17.8. The Bertz CT molecular complexity index is 372. The summed E-state index contributed by atoms with van der Waals surface area (Å²) in [5.74, 6) is -0.0319. The average molecular weight is 223 g/mol. The summed E-state index contributed by atoms with van der Waals surface area (Å²) in [6.07, 6.45) is 1.07. The van der Waals surface area contributed by atoms with Crippen molar-refractivity contribution in [2.24, 2.45) is 7.05 Å². The smallest absolute Gasteiger partial charge is 0.274 e. The Balaban J connectivity index is 2.07. The van der Waals surface area contributed by atoms with Crippen molar-refractivity contribution >= 4 is 5.91 Å². The molecule has 0 radical (unpaired) electrons. The van der Waals surface area contributed by atoms with E-state index in [0.29, 0.717) is 31.6 Å². The van der Waals surface area contributed by atoms with Crippen molar-refractivity contribution in [3.8, 4) is 0 Å². The first-order valence-corrected chi connectivity index (χ1v) is 5.56. The molecule has 2 heterocycles. The van der Waals surface area contributed by atoms with Gasteiger partial charge in [0.15, 0.2) is 5.69 Å². The van der Waals surface area contributed by atoms with Gasteiger partial charge in [-0.05, 0) is 25.8 Å². The number of hydrogen-bond donors (Lipinski definition) is 1. The van der Waals surface area contributed by atoms with Crippen LogP contribution in [-0.2, 0) is 7.05 Å². The third-order valence-corrected chi connectivity index (χ3v) is 3.08. The number of aliphatic hydroxyl groups is 1. The summed E-state index contributed by atoms with van der Waals surface area (Å²) in [6, 6.07) is 1.80. The van der Waals surface area contributed by atoms with Crippen LogP contribution in [0.4, 0.5) is 0 Å². The van der Waals surface area contributed by atoms with E-state index >= 15 is 0 Å². The van der Waals surface area contributed by atoms with Crippen LogP contribution < -0.4 is 0 Å². The molecule has 1 saturated heterocycles. The number of rotatable bonds is 1. The molecule has 0 atom stereocenters. The summed E-state index contributed by atoms with van der Waals surface area (Å²) in [6.45, 7) is 3.16. The summed E-state index contributed by atoms with van der Waals surface area (Å²) in [5.41, 5.74) is 1.47. The SMILES string of the molecule is Cc1cc(C(=O)N2CCC(O)CC2)nn1C. The Labute approximate surface area is 94.7 Å². The van der Waals surface area contributed by atoms with Gasteiger partial charge in [-0.25, -0.2) is 0 Å². The number of aromatic nitrogens is 2. The van der Waals surface area contributed by atoms with Crippen LogP contribution >= 0.6 is 0 Å². The first kappa shape index (κ1) is 11.1. The first-order valence-electron chi connectivity index (χ1n) is 5.56. The van der Waals surface area contributed by atoms with Gasteiger partial charge in [0.2, 0.25) is 0 Å². The Morgan fingerprint density at radius 1 is 1.50 bits per heavy atom. The van der Waals surface area contributed by atoms with Crippen molar-refractivity contribution in [3.63, 3.8) is 0 Å². The van der Waals surface area contributed by atoms with Crippen LogP contribution in [0, 0.1) is 6.92 Å². The summed E-state index contributed by atoms with van der Waals surface area (Å²) in [7, 11) is 1.83. The number of hydrogen-bond acceptors (Lipinski definition) is 3. The molecule has 1 fully saturated rings. The van der Waals surface area contributed by atoms with Gasteiger partial charge in [0.05, 0.1) is 6.10 Å². The van der Waals surface area contributed by atoms with Gasteiger partial charge < -0.3 is 10.0 Å². The maximum atomic E-state index is 12.0. The third-order valence-electron chi connectivity index (χ3n) is 3.08. The second-order valence-corrected chi connectivity index (χ2v) is 4.32. The highest BCUT2D eigenvalue weighted by atomic mass is 16.3. The lowest BCUT2D eigenvalue weighted by Gasteiger charge is -2.28. The van der Waals surface area contributed by atoms with Crippen LogP contribution in [-0.4, -0.2) is 44.9 Å². The number of nitrogens with zero attached hydrogens (tertiary/aromatic N) is 3. The summed E-state index contributed by atoms with van der Waals surface area (Å²) in [5, 5.41) is 13.5. The number of aliphatic hydroxyl groups excluding tert-OH is 1. The molecule has 1 aromatic heterocycles. The standard InChI is InChI=1S/C11H17N3O2/c1-8-7-10(12-13(8)2)11(16)14-5-3-9(15)4-6-14/h7,9,15H,3-6H2,1-2H3. The Kier molecular flexibility index (Phi) is 2.96. The molecule has 16 heavy (non-hydrogen) atoms. The highest BCUT2D eigenvalue weighted by Crippen LogP contribution is 2.13. The van der Waals surface area contributed by atoms with E-state index in [1.54, 1.807) is 15.6 Å². The summed E-state index contributed by atoms with van der Waals surface area (Å²) < 4.78 is 1.70. The van der Waals surface area contributed by atoms with E-state index in [2.05, 4.69) is 5.10 Å². The van der Waals surface area contributed by atoms with E-state index in [1.807, 2.05) is 14.0 Å². The van der Waals surface area contributed by atoms with Gasteiger partial charge in [-0.3, -0.25) is 9.48 Å². The van der Waals surface area contributed by atoms with Crippen molar-refractivity contribution in [2.75, 3.05) is 13.1 Å². The highest BCUT2D eigenvalue weighted by molar-refractivity contribution is 5.92. The predicted octanol–water partition coefficient (Wildman–Crippen LogP) is 0.325. The molecule has 0 bridgehead atoms. The zero-order valence-corrected chi connectivity index (χ0v) is 9.68. The van der Waals surface area contributed by atoms with Gasteiger partial charge in [0.25, 0.3) is 5.91 Å².